The molecule has 25 heavy (non-hydrogen) atoms. The summed E-state index contributed by atoms with van der Waals surface area (Å²) in [5.74, 6) is -1.03. The van der Waals surface area contributed by atoms with E-state index >= 15 is 0 Å². The SMILES string of the molecule is CC(C)(C)OC(=O)C(C)(C)N1COC(CF)=C(c2ccccc2)C1=O. The number of allylic oxidation sites excluding steroid dienone is 1. The lowest BCUT2D eigenvalue weighted by atomic mass is 9.97. The molecule has 1 aromatic rings. The van der Waals surface area contributed by atoms with E-state index in [1.807, 2.05) is 0 Å². The van der Waals surface area contributed by atoms with Gasteiger partial charge in [-0.3, -0.25) is 9.69 Å². The number of carbonyl (C=O) groups excluding carboxylic acids is 2. The Balaban J connectivity index is 2.38. The van der Waals surface area contributed by atoms with Crippen LogP contribution in [-0.4, -0.2) is 41.3 Å². The molecule has 5 nitrogen and oxygen atoms in total. The smallest absolute Gasteiger partial charge is 0.332 e. The van der Waals surface area contributed by atoms with Crippen molar-refractivity contribution in [1.29, 1.82) is 0 Å². The van der Waals surface area contributed by atoms with Gasteiger partial charge in [-0.15, -0.1) is 0 Å². The molecule has 1 aromatic carbocycles. The summed E-state index contributed by atoms with van der Waals surface area (Å²) in [5, 5.41) is 0. The zero-order valence-electron chi connectivity index (χ0n) is 15.3. The highest BCUT2D eigenvalue weighted by Crippen LogP contribution is 2.32. The van der Waals surface area contributed by atoms with Gasteiger partial charge in [0.25, 0.3) is 5.91 Å². The summed E-state index contributed by atoms with van der Waals surface area (Å²) in [7, 11) is 0. The maximum absolute atomic E-state index is 13.3. The molecule has 0 saturated heterocycles. The number of carbonyl (C=O) groups is 2. The second-order valence-corrected chi connectivity index (χ2v) is 7.37. The fraction of sp³-hybridized carbons (Fsp3) is 0.474. The number of amides is 1. The van der Waals surface area contributed by atoms with E-state index in [9.17, 15) is 14.0 Å². The van der Waals surface area contributed by atoms with Gasteiger partial charge in [0.2, 0.25) is 0 Å². The third-order valence-electron chi connectivity index (χ3n) is 3.86. The van der Waals surface area contributed by atoms with Crippen LogP contribution in [0.1, 0.15) is 40.2 Å². The lowest BCUT2D eigenvalue weighted by molar-refractivity contribution is -0.175. The van der Waals surface area contributed by atoms with Gasteiger partial charge in [-0.2, -0.15) is 0 Å². The standard InChI is InChI=1S/C19H24FNO4/c1-18(2,3)25-17(23)19(4,5)21-12-24-14(11-20)15(16(21)22)13-9-7-6-8-10-13/h6-10H,11-12H2,1-5H3. The largest absolute Gasteiger partial charge is 0.474 e. The summed E-state index contributed by atoms with van der Waals surface area (Å²) in [4.78, 5) is 26.8. The molecule has 1 aliphatic heterocycles. The van der Waals surface area contributed by atoms with Crippen LogP contribution in [0.4, 0.5) is 4.39 Å². The third-order valence-corrected chi connectivity index (χ3v) is 3.86. The molecule has 0 N–H and O–H groups in total. The van der Waals surface area contributed by atoms with Crippen LogP contribution >= 0.6 is 0 Å². The Morgan fingerprint density at radius 2 is 1.80 bits per heavy atom. The molecule has 1 heterocycles. The van der Waals surface area contributed by atoms with E-state index in [1.165, 1.54) is 4.90 Å². The van der Waals surface area contributed by atoms with Gasteiger partial charge >= 0.3 is 5.97 Å². The minimum absolute atomic E-state index is 0.0209. The number of rotatable bonds is 4. The van der Waals surface area contributed by atoms with E-state index in [1.54, 1.807) is 65.0 Å². The number of benzene rings is 1. The maximum atomic E-state index is 13.3. The molecular formula is C19H24FNO4. The maximum Gasteiger partial charge on any atom is 0.332 e. The monoisotopic (exact) mass is 349 g/mol. The quantitative estimate of drug-likeness (QED) is 0.783. The molecule has 1 amide bonds. The molecule has 0 fully saturated rings. The van der Waals surface area contributed by atoms with Crippen molar-refractivity contribution < 1.29 is 23.5 Å². The molecule has 0 aromatic heterocycles. The van der Waals surface area contributed by atoms with Gasteiger partial charge in [-0.25, -0.2) is 9.18 Å². The van der Waals surface area contributed by atoms with Crippen molar-refractivity contribution in [2.45, 2.75) is 45.8 Å². The van der Waals surface area contributed by atoms with Gasteiger partial charge in [-0.1, -0.05) is 30.3 Å². The zero-order chi connectivity index (χ0) is 18.8. The zero-order valence-corrected chi connectivity index (χ0v) is 15.3. The van der Waals surface area contributed by atoms with E-state index in [2.05, 4.69) is 0 Å². The lowest BCUT2D eigenvalue weighted by Gasteiger charge is -2.40. The Morgan fingerprint density at radius 3 is 2.32 bits per heavy atom. The molecule has 136 valence electrons. The number of hydrogen-bond acceptors (Lipinski definition) is 4. The van der Waals surface area contributed by atoms with E-state index < -0.39 is 29.7 Å². The number of alkyl halides is 1. The van der Waals surface area contributed by atoms with E-state index in [0.717, 1.165) is 0 Å². The minimum atomic E-state index is -1.26. The van der Waals surface area contributed by atoms with Crippen LogP contribution in [0, 0.1) is 0 Å². The average Bonchev–Trinajstić information content (AvgIpc) is 2.53. The molecule has 0 radical (unpaired) electrons. The van der Waals surface area contributed by atoms with Crippen molar-refractivity contribution in [1.82, 2.24) is 4.90 Å². The molecule has 6 heteroatoms. The number of nitrogens with zero attached hydrogens (tertiary/aromatic N) is 1. The van der Waals surface area contributed by atoms with Crippen molar-refractivity contribution in [2.75, 3.05) is 13.4 Å². The van der Waals surface area contributed by atoms with Crippen molar-refractivity contribution in [2.24, 2.45) is 0 Å². The molecule has 0 unspecified atom stereocenters. The highest BCUT2D eigenvalue weighted by molar-refractivity contribution is 6.21. The first kappa shape index (κ1) is 19.0. The average molecular weight is 349 g/mol. The topological polar surface area (TPSA) is 55.8 Å². The number of halogens is 1. The summed E-state index contributed by atoms with van der Waals surface area (Å²) >= 11 is 0. The van der Waals surface area contributed by atoms with Crippen molar-refractivity contribution >= 4 is 17.4 Å². The van der Waals surface area contributed by atoms with Gasteiger partial charge in [-0.05, 0) is 40.2 Å². The highest BCUT2D eigenvalue weighted by Gasteiger charge is 2.44. The molecular weight excluding hydrogens is 325 g/mol. The molecule has 0 atom stereocenters. The van der Waals surface area contributed by atoms with Crippen LogP contribution in [0.3, 0.4) is 0 Å². The highest BCUT2D eigenvalue weighted by atomic mass is 19.1. The van der Waals surface area contributed by atoms with Gasteiger partial charge in [0.1, 0.15) is 23.6 Å². The van der Waals surface area contributed by atoms with Crippen molar-refractivity contribution in [3.05, 3.63) is 41.7 Å². The molecule has 0 aliphatic carbocycles. The summed E-state index contributed by atoms with van der Waals surface area (Å²) in [6, 6.07) is 8.72. The van der Waals surface area contributed by atoms with Crippen molar-refractivity contribution in [3.8, 4) is 0 Å². The van der Waals surface area contributed by atoms with E-state index in [-0.39, 0.29) is 18.1 Å². The second-order valence-electron chi connectivity index (χ2n) is 7.37. The first-order valence-electron chi connectivity index (χ1n) is 8.10. The molecule has 2 rings (SSSR count). The predicted molar refractivity (Wildman–Crippen MR) is 92.1 cm³/mol. The Labute approximate surface area is 147 Å². The Hall–Kier alpha value is -2.37. The third kappa shape index (κ3) is 4.00. The number of hydrogen-bond donors (Lipinski definition) is 0. The van der Waals surface area contributed by atoms with Crippen LogP contribution in [0.5, 0.6) is 0 Å². The summed E-state index contributed by atoms with van der Waals surface area (Å²) in [6.07, 6.45) is 0. The van der Waals surface area contributed by atoms with Gasteiger partial charge in [0.15, 0.2) is 6.73 Å². The summed E-state index contributed by atoms with van der Waals surface area (Å²) in [6.45, 7) is 7.35. The van der Waals surface area contributed by atoms with Crippen LogP contribution < -0.4 is 0 Å². The van der Waals surface area contributed by atoms with Crippen LogP contribution in [0.15, 0.2) is 36.1 Å². The van der Waals surface area contributed by atoms with E-state index in [0.29, 0.717) is 5.56 Å². The Kier molecular flexibility index (Phi) is 5.20. The van der Waals surface area contributed by atoms with Crippen molar-refractivity contribution in [3.63, 3.8) is 0 Å². The fourth-order valence-electron chi connectivity index (χ4n) is 2.45. The summed E-state index contributed by atoms with van der Waals surface area (Å²) in [5.41, 5.74) is -1.27. The van der Waals surface area contributed by atoms with Gasteiger partial charge < -0.3 is 9.47 Å². The predicted octanol–water partition coefficient (Wildman–Crippen LogP) is 3.30. The minimum Gasteiger partial charge on any atom is -0.474 e. The molecule has 0 saturated carbocycles. The first-order valence-corrected chi connectivity index (χ1v) is 8.10. The van der Waals surface area contributed by atoms with Gasteiger partial charge in [0, 0.05) is 0 Å². The van der Waals surface area contributed by atoms with Crippen LogP contribution in [0.2, 0.25) is 0 Å². The van der Waals surface area contributed by atoms with Crippen LogP contribution in [0.25, 0.3) is 5.57 Å². The lowest BCUT2D eigenvalue weighted by Crippen LogP contribution is -2.57. The molecule has 1 aliphatic rings. The normalized spacial score (nSPS) is 15.9. The van der Waals surface area contributed by atoms with Gasteiger partial charge in [0.05, 0.1) is 5.57 Å². The summed E-state index contributed by atoms with van der Waals surface area (Å²) < 4.78 is 24.2. The molecule has 0 bridgehead atoms. The Bertz CT molecular complexity index is 689. The number of ether oxygens (including phenoxy) is 2. The second kappa shape index (κ2) is 6.86. The fourth-order valence-corrected chi connectivity index (χ4v) is 2.45. The first-order chi connectivity index (χ1) is 11.6. The van der Waals surface area contributed by atoms with E-state index in [4.69, 9.17) is 9.47 Å². The van der Waals surface area contributed by atoms with Crippen LogP contribution in [-0.2, 0) is 19.1 Å². The number of esters is 1. The Morgan fingerprint density at radius 1 is 1.20 bits per heavy atom. The molecule has 0 spiro atoms.